The van der Waals surface area contributed by atoms with Gasteiger partial charge in [0.25, 0.3) is 5.91 Å². The largest absolute Gasteiger partial charge is 0.335 e. The lowest BCUT2D eigenvalue weighted by molar-refractivity contribution is 0.0697. The van der Waals surface area contributed by atoms with Gasteiger partial charge in [-0.25, -0.2) is 0 Å². The molecule has 3 atom stereocenters. The zero-order valence-corrected chi connectivity index (χ0v) is 14.7. The maximum Gasteiger partial charge on any atom is 0.254 e. The molecule has 2 saturated heterocycles. The van der Waals surface area contributed by atoms with E-state index < -0.39 is 0 Å². The highest BCUT2D eigenvalue weighted by atomic mass is 16.2. The van der Waals surface area contributed by atoms with Gasteiger partial charge in [-0.15, -0.1) is 0 Å². The van der Waals surface area contributed by atoms with Crippen molar-refractivity contribution in [2.45, 2.75) is 31.7 Å². The molecule has 4 nitrogen and oxygen atoms in total. The van der Waals surface area contributed by atoms with Gasteiger partial charge in [0, 0.05) is 48.9 Å². The van der Waals surface area contributed by atoms with Crippen LogP contribution in [-0.2, 0) is 6.42 Å². The van der Waals surface area contributed by atoms with E-state index in [0.29, 0.717) is 17.9 Å². The number of amides is 1. The lowest BCUT2D eigenvalue weighted by atomic mass is 9.82. The molecule has 2 aliphatic rings. The Kier molecular flexibility index (Phi) is 4.53. The van der Waals surface area contributed by atoms with Gasteiger partial charge >= 0.3 is 0 Å². The first-order valence-electron chi connectivity index (χ1n) is 9.28. The first-order valence-corrected chi connectivity index (χ1v) is 9.28. The first-order chi connectivity index (χ1) is 12.3. The van der Waals surface area contributed by atoms with Gasteiger partial charge in [-0.2, -0.15) is 0 Å². The van der Waals surface area contributed by atoms with Crippen molar-refractivity contribution in [1.82, 2.24) is 15.2 Å². The third-order valence-electron chi connectivity index (χ3n) is 5.81. The van der Waals surface area contributed by atoms with Gasteiger partial charge in [0.1, 0.15) is 0 Å². The van der Waals surface area contributed by atoms with Crippen LogP contribution in [0.4, 0.5) is 0 Å². The van der Waals surface area contributed by atoms with E-state index >= 15 is 0 Å². The zero-order chi connectivity index (χ0) is 17.2. The Morgan fingerprint density at radius 2 is 1.96 bits per heavy atom. The van der Waals surface area contributed by atoms with Crippen LogP contribution in [0.15, 0.2) is 48.8 Å². The molecule has 0 unspecified atom stereocenters. The second kappa shape index (κ2) is 6.96. The standard InChI is InChI=1S/C21H25N3O/c1-2-15-3-5-16(6-4-15)19-14-24(20-9-12-23-13-18(19)20)21(25)17-7-10-22-11-8-17/h3-8,10-11,18-20,23H,2,9,12-14H2,1H3/t18-,19-,20-/m1/s1. The summed E-state index contributed by atoms with van der Waals surface area (Å²) in [5.74, 6) is 1.05. The summed E-state index contributed by atoms with van der Waals surface area (Å²) in [6.45, 7) is 4.97. The van der Waals surface area contributed by atoms with Crippen LogP contribution in [-0.4, -0.2) is 41.5 Å². The summed E-state index contributed by atoms with van der Waals surface area (Å²) >= 11 is 0. The van der Waals surface area contributed by atoms with Crippen LogP contribution in [0.2, 0.25) is 0 Å². The van der Waals surface area contributed by atoms with Crippen molar-refractivity contribution >= 4 is 5.91 Å². The molecule has 130 valence electrons. The predicted molar refractivity (Wildman–Crippen MR) is 98.6 cm³/mol. The van der Waals surface area contributed by atoms with Gasteiger partial charge < -0.3 is 10.2 Å². The molecule has 4 rings (SSSR count). The number of aromatic nitrogens is 1. The molecular formula is C21H25N3O. The molecule has 0 saturated carbocycles. The molecule has 4 heteroatoms. The number of nitrogens with one attached hydrogen (secondary N) is 1. The second-order valence-corrected chi connectivity index (χ2v) is 7.12. The van der Waals surface area contributed by atoms with E-state index in [-0.39, 0.29) is 5.91 Å². The Morgan fingerprint density at radius 1 is 1.20 bits per heavy atom. The van der Waals surface area contributed by atoms with Crippen LogP contribution in [0.1, 0.15) is 40.7 Å². The monoisotopic (exact) mass is 335 g/mol. The number of hydrogen-bond donors (Lipinski definition) is 1. The molecule has 0 spiro atoms. The Bertz CT molecular complexity index is 729. The number of aryl methyl sites for hydroxylation is 1. The summed E-state index contributed by atoms with van der Waals surface area (Å²) in [6, 6.07) is 13.0. The van der Waals surface area contributed by atoms with E-state index in [1.165, 1.54) is 11.1 Å². The van der Waals surface area contributed by atoms with Crippen molar-refractivity contribution in [1.29, 1.82) is 0 Å². The number of pyridine rings is 1. The minimum absolute atomic E-state index is 0.145. The average Bonchev–Trinajstić information content (AvgIpc) is 3.08. The number of benzene rings is 1. The van der Waals surface area contributed by atoms with E-state index in [9.17, 15) is 4.79 Å². The fourth-order valence-corrected chi connectivity index (χ4v) is 4.40. The van der Waals surface area contributed by atoms with Crippen molar-refractivity contribution in [2.75, 3.05) is 19.6 Å². The van der Waals surface area contributed by atoms with Gasteiger partial charge in [-0.1, -0.05) is 31.2 Å². The molecule has 2 aliphatic heterocycles. The summed E-state index contributed by atoms with van der Waals surface area (Å²) in [4.78, 5) is 19.2. The van der Waals surface area contributed by atoms with Crippen molar-refractivity contribution in [2.24, 2.45) is 5.92 Å². The zero-order valence-electron chi connectivity index (χ0n) is 14.7. The van der Waals surface area contributed by atoms with Crippen LogP contribution >= 0.6 is 0 Å². The predicted octanol–water partition coefficient (Wildman–Crippen LogP) is 2.86. The maximum atomic E-state index is 13.1. The average molecular weight is 335 g/mol. The Hall–Kier alpha value is -2.20. The van der Waals surface area contributed by atoms with Gasteiger partial charge in [-0.05, 0) is 42.6 Å². The van der Waals surface area contributed by atoms with Crippen LogP contribution in [0.25, 0.3) is 0 Å². The van der Waals surface area contributed by atoms with Crippen molar-refractivity contribution in [3.63, 3.8) is 0 Å². The Labute approximate surface area is 149 Å². The topological polar surface area (TPSA) is 45.2 Å². The summed E-state index contributed by atoms with van der Waals surface area (Å²) in [5, 5.41) is 3.53. The molecule has 0 bridgehead atoms. The quantitative estimate of drug-likeness (QED) is 0.938. The lowest BCUT2D eigenvalue weighted by Gasteiger charge is -2.33. The van der Waals surface area contributed by atoms with E-state index in [1.807, 2.05) is 12.1 Å². The van der Waals surface area contributed by atoms with Crippen LogP contribution in [0, 0.1) is 5.92 Å². The van der Waals surface area contributed by atoms with E-state index in [1.54, 1.807) is 12.4 Å². The molecule has 1 aromatic heterocycles. The molecule has 0 radical (unpaired) electrons. The smallest absolute Gasteiger partial charge is 0.254 e. The third-order valence-corrected chi connectivity index (χ3v) is 5.81. The molecule has 3 heterocycles. The molecule has 2 aromatic rings. The lowest BCUT2D eigenvalue weighted by Crippen LogP contribution is -2.46. The van der Waals surface area contributed by atoms with E-state index in [2.05, 4.69) is 46.4 Å². The van der Waals surface area contributed by atoms with Crippen LogP contribution < -0.4 is 5.32 Å². The Morgan fingerprint density at radius 3 is 2.68 bits per heavy atom. The minimum Gasteiger partial charge on any atom is -0.335 e. The third kappa shape index (κ3) is 3.07. The fourth-order valence-electron chi connectivity index (χ4n) is 4.40. The number of carbonyl (C=O) groups is 1. The van der Waals surface area contributed by atoms with E-state index in [4.69, 9.17) is 0 Å². The molecule has 2 fully saturated rings. The molecule has 1 aromatic carbocycles. The summed E-state index contributed by atoms with van der Waals surface area (Å²) in [6.07, 6.45) is 5.49. The normalized spacial score (nSPS) is 25.6. The van der Waals surface area contributed by atoms with Crippen LogP contribution in [0.5, 0.6) is 0 Å². The van der Waals surface area contributed by atoms with Gasteiger partial charge in [-0.3, -0.25) is 9.78 Å². The second-order valence-electron chi connectivity index (χ2n) is 7.12. The summed E-state index contributed by atoms with van der Waals surface area (Å²) in [5.41, 5.74) is 3.47. The molecule has 25 heavy (non-hydrogen) atoms. The number of carbonyl (C=O) groups excluding carboxylic acids is 1. The number of fused-ring (bicyclic) bond motifs is 1. The summed E-state index contributed by atoms with van der Waals surface area (Å²) < 4.78 is 0. The van der Waals surface area contributed by atoms with Crippen molar-refractivity contribution in [3.05, 3.63) is 65.5 Å². The Balaban J connectivity index is 1.62. The molecule has 0 aliphatic carbocycles. The maximum absolute atomic E-state index is 13.1. The number of hydrogen-bond acceptors (Lipinski definition) is 3. The van der Waals surface area contributed by atoms with Gasteiger partial charge in [0.2, 0.25) is 0 Å². The highest BCUT2D eigenvalue weighted by Gasteiger charge is 2.45. The number of piperidine rings is 1. The highest BCUT2D eigenvalue weighted by Crippen LogP contribution is 2.40. The first kappa shape index (κ1) is 16.3. The fraction of sp³-hybridized carbons (Fsp3) is 0.429. The molecule has 1 amide bonds. The van der Waals surface area contributed by atoms with E-state index in [0.717, 1.165) is 38.0 Å². The highest BCUT2D eigenvalue weighted by molar-refractivity contribution is 5.94. The van der Waals surface area contributed by atoms with Crippen molar-refractivity contribution < 1.29 is 4.79 Å². The van der Waals surface area contributed by atoms with Gasteiger partial charge in [0.15, 0.2) is 0 Å². The number of likely N-dealkylation sites (tertiary alicyclic amines) is 1. The van der Waals surface area contributed by atoms with Crippen molar-refractivity contribution in [3.8, 4) is 0 Å². The molecular weight excluding hydrogens is 310 g/mol. The van der Waals surface area contributed by atoms with Crippen LogP contribution in [0.3, 0.4) is 0 Å². The SMILES string of the molecule is CCc1ccc([C@H]2CN(C(=O)c3ccncc3)[C@@H]3CCNC[C@H]23)cc1. The van der Waals surface area contributed by atoms with Gasteiger partial charge in [0.05, 0.1) is 0 Å². The number of nitrogens with zero attached hydrogens (tertiary/aromatic N) is 2. The summed E-state index contributed by atoms with van der Waals surface area (Å²) in [7, 11) is 0. The minimum atomic E-state index is 0.145. The molecule has 1 N–H and O–H groups in total. The number of rotatable bonds is 3.